The number of carboxylic acid groups (broad SMARTS) is 1. The van der Waals surface area contributed by atoms with Crippen molar-refractivity contribution >= 4 is 41.5 Å². The zero-order valence-corrected chi connectivity index (χ0v) is 27.5. The monoisotopic (exact) mass is 666 g/mol. The molecule has 7 amide bonds. The highest BCUT2D eigenvalue weighted by Gasteiger charge is 2.55. The van der Waals surface area contributed by atoms with Crippen LogP contribution in [0.15, 0.2) is 60.7 Å². The summed E-state index contributed by atoms with van der Waals surface area (Å²) in [6, 6.07) is 14.3. The Morgan fingerprint density at radius 2 is 1.42 bits per heavy atom. The van der Waals surface area contributed by atoms with Gasteiger partial charge in [0.2, 0.25) is 17.7 Å². The maximum Gasteiger partial charge on any atom is 0.433 e. The van der Waals surface area contributed by atoms with Crippen LogP contribution >= 0.6 is 0 Å². The van der Waals surface area contributed by atoms with Crippen molar-refractivity contribution in [2.24, 2.45) is 11.7 Å². The molecule has 258 valence electrons. The Bertz CT molecular complexity index is 1500. The number of nitrogens with two attached hydrogens (primary N) is 1. The molecule has 3 rings (SSSR count). The molecular weight excluding hydrogens is 624 g/mol. The molecule has 48 heavy (non-hydrogen) atoms. The van der Waals surface area contributed by atoms with Gasteiger partial charge in [-0.2, -0.15) is 0 Å². The Balaban J connectivity index is 1.67. The first kappa shape index (κ1) is 37.3. The van der Waals surface area contributed by atoms with Crippen LogP contribution in [0, 0.1) is 5.92 Å². The molecule has 5 N–H and O–H groups in total. The number of carbonyl (C=O) groups is 7. The molecule has 1 unspecified atom stereocenters. The number of epoxide rings is 1. The lowest BCUT2D eigenvalue weighted by Crippen LogP contribution is -2.60. The molecule has 0 aromatic heterocycles. The van der Waals surface area contributed by atoms with Gasteiger partial charge in [0.1, 0.15) is 12.1 Å². The summed E-state index contributed by atoms with van der Waals surface area (Å²) >= 11 is 0. The van der Waals surface area contributed by atoms with Crippen LogP contribution in [0.3, 0.4) is 0 Å². The summed E-state index contributed by atoms with van der Waals surface area (Å²) < 4.78 is 5.16. The molecule has 15 heteroatoms. The number of hydrazine groups is 1. The fourth-order valence-electron chi connectivity index (χ4n) is 4.76. The second-order valence-electron chi connectivity index (χ2n) is 11.7. The van der Waals surface area contributed by atoms with E-state index in [0.29, 0.717) is 9.91 Å². The van der Waals surface area contributed by atoms with Gasteiger partial charge in [0, 0.05) is 20.0 Å². The van der Waals surface area contributed by atoms with E-state index in [0.717, 1.165) is 18.2 Å². The van der Waals surface area contributed by atoms with E-state index in [4.69, 9.17) is 10.5 Å². The minimum atomic E-state index is -1.88. The van der Waals surface area contributed by atoms with Gasteiger partial charge in [-0.05, 0) is 37.3 Å². The molecule has 0 bridgehead atoms. The van der Waals surface area contributed by atoms with Crippen molar-refractivity contribution in [2.45, 2.75) is 77.4 Å². The second-order valence-corrected chi connectivity index (χ2v) is 11.7. The van der Waals surface area contributed by atoms with E-state index in [1.54, 1.807) is 38.1 Å². The Morgan fingerprint density at radius 3 is 1.96 bits per heavy atom. The molecule has 2 aromatic carbocycles. The summed E-state index contributed by atoms with van der Waals surface area (Å²) in [6.07, 6.45) is -4.78. The molecule has 2 aromatic rings. The molecule has 0 spiro atoms. The largest absolute Gasteiger partial charge is 0.463 e. The number of hydrogen-bond donors (Lipinski definition) is 4. The van der Waals surface area contributed by atoms with E-state index in [2.05, 4.69) is 10.6 Å². The number of benzene rings is 2. The number of imide groups is 2. The minimum absolute atomic E-state index is 0.0479. The minimum Gasteiger partial charge on any atom is -0.463 e. The Morgan fingerprint density at radius 1 is 0.854 bits per heavy atom. The van der Waals surface area contributed by atoms with Crippen molar-refractivity contribution in [2.75, 3.05) is 7.05 Å². The van der Waals surface area contributed by atoms with Crippen molar-refractivity contribution in [3.63, 3.8) is 0 Å². The third-order valence-electron chi connectivity index (χ3n) is 7.79. The molecule has 1 fully saturated rings. The number of nitrogens with zero attached hydrogens (tertiary/aromatic N) is 3. The number of carbonyl (C=O) groups excluding carboxylic acids is 6. The quantitative estimate of drug-likeness (QED) is 0.175. The lowest BCUT2D eigenvalue weighted by molar-refractivity contribution is -0.165. The zero-order valence-electron chi connectivity index (χ0n) is 27.5. The summed E-state index contributed by atoms with van der Waals surface area (Å²) in [5.74, 6) is -5.65. The molecule has 1 heterocycles. The molecule has 0 aliphatic carbocycles. The number of ether oxygens (including phenoxy) is 1. The van der Waals surface area contributed by atoms with E-state index in [9.17, 15) is 38.7 Å². The maximum absolute atomic E-state index is 13.6. The summed E-state index contributed by atoms with van der Waals surface area (Å²) in [5, 5.41) is 15.5. The molecule has 1 aliphatic rings. The third kappa shape index (κ3) is 9.45. The van der Waals surface area contributed by atoms with Crippen LogP contribution in [0.25, 0.3) is 0 Å². The first-order valence-corrected chi connectivity index (χ1v) is 15.4. The lowest BCUT2D eigenvalue weighted by atomic mass is 10.0. The summed E-state index contributed by atoms with van der Waals surface area (Å²) in [6.45, 7) is 6.20. The zero-order chi connectivity index (χ0) is 35.7. The van der Waals surface area contributed by atoms with Crippen LogP contribution in [0.1, 0.15) is 45.2 Å². The highest BCUT2D eigenvalue weighted by molar-refractivity contribution is 6.05. The van der Waals surface area contributed by atoms with Gasteiger partial charge in [0.15, 0.2) is 12.2 Å². The number of hydrogen-bond acceptors (Lipinski definition) is 9. The van der Waals surface area contributed by atoms with Gasteiger partial charge in [-0.15, -0.1) is 5.01 Å². The molecule has 5 atom stereocenters. The number of rotatable bonds is 13. The van der Waals surface area contributed by atoms with Gasteiger partial charge in [-0.25, -0.2) is 9.80 Å². The third-order valence-corrected chi connectivity index (χ3v) is 7.79. The van der Waals surface area contributed by atoms with Crippen molar-refractivity contribution in [1.82, 2.24) is 25.6 Å². The molecule has 0 radical (unpaired) electrons. The fourth-order valence-corrected chi connectivity index (χ4v) is 4.76. The summed E-state index contributed by atoms with van der Waals surface area (Å²) in [4.78, 5) is 91.6. The second kappa shape index (κ2) is 16.6. The number of amides is 7. The van der Waals surface area contributed by atoms with Crippen LogP contribution < -0.4 is 16.4 Å². The average Bonchev–Trinajstić information content (AvgIpc) is 3.87. The number of nitrogens with one attached hydrogen (secondary N) is 2. The molecule has 1 aliphatic heterocycles. The topological polar surface area (TPSA) is 212 Å². The van der Waals surface area contributed by atoms with Crippen molar-refractivity contribution in [3.05, 3.63) is 71.8 Å². The Labute approximate surface area is 278 Å². The van der Waals surface area contributed by atoms with E-state index >= 15 is 0 Å². The predicted molar refractivity (Wildman–Crippen MR) is 171 cm³/mol. The standard InChI is InChI=1S/C33H42N6O9/c1-19(2)25(34)31(44)38(24(40)17-16-22-12-8-6-9-13-22)21(4)30(43)37(5)39(33(46)47)32(45)27-26(48-27)29(42)36-20(3)28(41)35-18-23-14-10-7-11-15-23/h6-15,19-21,25-27H,16-18,34H2,1-5H3,(H,35,41)(H,36,42)(H,46,47)/t20?,21-,25-,26-,27-/m0/s1. The van der Waals surface area contributed by atoms with E-state index in [-0.39, 0.29) is 24.4 Å². The number of likely N-dealkylation sites (N-methyl/N-ethyl adjacent to an activating group) is 1. The van der Waals surface area contributed by atoms with Gasteiger partial charge < -0.3 is 26.2 Å². The van der Waals surface area contributed by atoms with Crippen LogP contribution in [0.5, 0.6) is 0 Å². The molecular formula is C33H42N6O9. The van der Waals surface area contributed by atoms with Gasteiger partial charge in [0.25, 0.3) is 17.7 Å². The number of aryl methyl sites for hydroxylation is 1. The summed E-state index contributed by atoms with van der Waals surface area (Å²) in [7, 11) is 0.973. The van der Waals surface area contributed by atoms with Crippen LogP contribution in [-0.4, -0.2) is 98.9 Å². The fraction of sp³-hybridized carbons (Fsp3) is 0.424. The van der Waals surface area contributed by atoms with Gasteiger partial charge >= 0.3 is 6.09 Å². The van der Waals surface area contributed by atoms with Crippen LogP contribution in [-0.2, 0) is 46.5 Å². The van der Waals surface area contributed by atoms with Crippen molar-refractivity contribution < 1.29 is 43.4 Å². The van der Waals surface area contributed by atoms with Crippen LogP contribution in [0.2, 0.25) is 0 Å². The highest BCUT2D eigenvalue weighted by Crippen LogP contribution is 2.26. The van der Waals surface area contributed by atoms with E-state index < -0.39 is 77.8 Å². The van der Waals surface area contributed by atoms with Gasteiger partial charge in [-0.3, -0.25) is 33.7 Å². The lowest BCUT2D eigenvalue weighted by Gasteiger charge is -2.34. The predicted octanol–water partition coefficient (Wildman–Crippen LogP) is 0.815. The Hall–Kier alpha value is -5.15. The van der Waals surface area contributed by atoms with Crippen molar-refractivity contribution in [1.29, 1.82) is 0 Å². The molecule has 15 nitrogen and oxygen atoms in total. The van der Waals surface area contributed by atoms with Crippen molar-refractivity contribution in [3.8, 4) is 0 Å². The Kier molecular flexibility index (Phi) is 12.9. The molecule has 0 saturated carbocycles. The van der Waals surface area contributed by atoms with Gasteiger partial charge in [0.05, 0.1) is 6.04 Å². The SMILES string of the molecule is CC(NC(=O)[C@H]1O[C@@H]1C(=O)N(C(=O)O)N(C)C(=O)[C@H](C)N(C(=O)CCc1ccccc1)C(=O)[C@@H](N)C(C)C)C(=O)NCc1ccccc1. The first-order chi connectivity index (χ1) is 22.6. The highest BCUT2D eigenvalue weighted by atomic mass is 16.6. The normalized spacial score (nSPS) is 16.9. The summed E-state index contributed by atoms with van der Waals surface area (Å²) in [5.41, 5.74) is 7.71. The van der Waals surface area contributed by atoms with E-state index in [1.807, 2.05) is 36.4 Å². The first-order valence-electron chi connectivity index (χ1n) is 15.4. The average molecular weight is 667 g/mol. The van der Waals surface area contributed by atoms with Crippen LogP contribution in [0.4, 0.5) is 4.79 Å². The van der Waals surface area contributed by atoms with Gasteiger partial charge in [-0.1, -0.05) is 74.5 Å². The molecule has 1 saturated heterocycles. The van der Waals surface area contributed by atoms with E-state index in [1.165, 1.54) is 13.8 Å². The smallest absolute Gasteiger partial charge is 0.433 e. The maximum atomic E-state index is 13.6.